The second kappa shape index (κ2) is 9.87. The zero-order chi connectivity index (χ0) is 24.4. The van der Waals surface area contributed by atoms with Gasteiger partial charge in [-0.2, -0.15) is 0 Å². The van der Waals surface area contributed by atoms with Crippen molar-refractivity contribution in [1.82, 2.24) is 24.4 Å². The lowest BCUT2D eigenvalue weighted by Gasteiger charge is -2.26. The van der Waals surface area contributed by atoms with Crippen molar-refractivity contribution in [1.29, 1.82) is 0 Å². The molecule has 0 saturated carbocycles. The number of benzene rings is 2. The number of carbonyl (C=O) groups excluding carboxylic acids is 2. The molecule has 2 N–H and O–H groups in total. The van der Waals surface area contributed by atoms with Crippen LogP contribution in [0.25, 0.3) is 28.2 Å². The molecule has 3 heterocycles. The lowest BCUT2D eigenvalue weighted by Crippen LogP contribution is -2.36. The molecule has 1 aliphatic heterocycles. The van der Waals surface area contributed by atoms with E-state index < -0.39 is 5.91 Å². The highest BCUT2D eigenvalue weighted by Gasteiger charge is 2.24. The number of primary amides is 1. The van der Waals surface area contributed by atoms with E-state index in [0.29, 0.717) is 22.1 Å². The van der Waals surface area contributed by atoms with Crippen molar-refractivity contribution in [2.45, 2.75) is 31.3 Å². The Labute approximate surface area is 207 Å². The van der Waals surface area contributed by atoms with Crippen molar-refractivity contribution in [3.8, 4) is 17.1 Å². The van der Waals surface area contributed by atoms with Gasteiger partial charge in [0.25, 0.3) is 5.91 Å². The van der Waals surface area contributed by atoms with Gasteiger partial charge in [-0.15, -0.1) is 0 Å². The summed E-state index contributed by atoms with van der Waals surface area (Å²) in [6, 6.07) is 17.4. The van der Waals surface area contributed by atoms with Gasteiger partial charge in [0.05, 0.1) is 5.75 Å². The quantitative estimate of drug-likeness (QED) is 0.413. The van der Waals surface area contributed by atoms with Gasteiger partial charge in [0.15, 0.2) is 22.3 Å². The molecular weight excluding hydrogens is 460 g/mol. The van der Waals surface area contributed by atoms with Crippen LogP contribution in [0.5, 0.6) is 0 Å². The Morgan fingerprint density at radius 2 is 1.66 bits per heavy atom. The molecule has 5 rings (SSSR count). The maximum Gasteiger partial charge on any atom is 0.269 e. The smallest absolute Gasteiger partial charge is 0.269 e. The number of rotatable bonds is 6. The van der Waals surface area contributed by atoms with Gasteiger partial charge < -0.3 is 10.6 Å². The third-order valence-electron chi connectivity index (χ3n) is 6.07. The van der Waals surface area contributed by atoms with Crippen LogP contribution in [0.1, 0.15) is 35.3 Å². The average molecular weight is 487 g/mol. The minimum absolute atomic E-state index is 0.0597. The molecule has 8 nitrogen and oxygen atoms in total. The van der Waals surface area contributed by atoms with Crippen LogP contribution in [-0.4, -0.2) is 55.1 Å². The van der Waals surface area contributed by atoms with Crippen molar-refractivity contribution in [2.75, 3.05) is 18.8 Å². The monoisotopic (exact) mass is 486 g/mol. The summed E-state index contributed by atoms with van der Waals surface area (Å²) in [6.07, 6.45) is 3.25. The molecule has 35 heavy (non-hydrogen) atoms. The fourth-order valence-electron chi connectivity index (χ4n) is 4.21. The Morgan fingerprint density at radius 1 is 0.943 bits per heavy atom. The second-order valence-corrected chi connectivity index (χ2v) is 9.54. The summed E-state index contributed by atoms with van der Waals surface area (Å²) in [4.78, 5) is 41.1. The topological polar surface area (TPSA) is 107 Å². The van der Waals surface area contributed by atoms with Crippen molar-refractivity contribution in [3.05, 3.63) is 65.9 Å². The Hall–Kier alpha value is -3.72. The number of piperidine rings is 1. The zero-order valence-electron chi connectivity index (χ0n) is 19.5. The summed E-state index contributed by atoms with van der Waals surface area (Å²) in [5.74, 6) is 0.0528. The van der Waals surface area contributed by atoms with Gasteiger partial charge in [-0.1, -0.05) is 59.8 Å². The van der Waals surface area contributed by atoms with E-state index in [9.17, 15) is 9.59 Å². The highest BCUT2D eigenvalue weighted by atomic mass is 32.2. The largest absolute Gasteiger partial charge is 0.364 e. The van der Waals surface area contributed by atoms with E-state index in [2.05, 4.69) is 4.98 Å². The fraction of sp³-hybridized carbons (Fsp3) is 0.269. The van der Waals surface area contributed by atoms with Crippen LogP contribution >= 0.6 is 11.8 Å². The first-order valence-electron chi connectivity index (χ1n) is 11.6. The van der Waals surface area contributed by atoms with Crippen LogP contribution in [0.2, 0.25) is 0 Å². The summed E-state index contributed by atoms with van der Waals surface area (Å²) < 4.78 is 1.87. The van der Waals surface area contributed by atoms with Crippen LogP contribution in [0.3, 0.4) is 0 Å². The molecule has 2 aromatic carbocycles. The van der Waals surface area contributed by atoms with Crippen molar-refractivity contribution in [3.63, 3.8) is 0 Å². The number of hydrogen-bond donors (Lipinski definition) is 1. The van der Waals surface area contributed by atoms with Gasteiger partial charge in [-0.05, 0) is 38.3 Å². The summed E-state index contributed by atoms with van der Waals surface area (Å²) in [5.41, 5.74) is 9.29. The number of amides is 2. The summed E-state index contributed by atoms with van der Waals surface area (Å²) >= 11 is 1.33. The van der Waals surface area contributed by atoms with Crippen LogP contribution in [0.4, 0.5) is 0 Å². The standard InChI is InChI=1S/C26H26N6O2S/c1-17-10-12-18(13-11-17)24-28-21(23(27)34)22-25(30-24)32(19-8-4-2-5-9-19)26(29-22)35-16-20(33)31-14-6-3-7-15-31/h2,4-5,8-13H,3,6-7,14-16H2,1H3,(H2,27,34). The Morgan fingerprint density at radius 3 is 2.34 bits per heavy atom. The summed E-state index contributed by atoms with van der Waals surface area (Å²) in [5, 5.41) is 0.564. The number of fused-ring (bicyclic) bond motifs is 1. The van der Waals surface area contributed by atoms with Gasteiger partial charge in [0.2, 0.25) is 5.91 Å². The number of hydrogen-bond acceptors (Lipinski definition) is 6. The molecule has 4 aromatic rings. The number of aryl methyl sites for hydroxylation is 1. The first kappa shape index (κ1) is 23.0. The highest BCUT2D eigenvalue weighted by Crippen LogP contribution is 2.30. The van der Waals surface area contributed by atoms with E-state index in [-0.39, 0.29) is 17.4 Å². The van der Waals surface area contributed by atoms with E-state index in [1.807, 2.05) is 71.0 Å². The van der Waals surface area contributed by atoms with E-state index in [1.54, 1.807) is 0 Å². The van der Waals surface area contributed by atoms with Gasteiger partial charge in [0.1, 0.15) is 5.52 Å². The SMILES string of the molecule is Cc1ccc(-c2nc(C(N)=O)c3nc(SCC(=O)N4CCCCC4)n(-c4ccccc4)c3n2)cc1. The molecule has 1 fully saturated rings. The molecule has 9 heteroatoms. The van der Waals surface area contributed by atoms with E-state index in [1.165, 1.54) is 18.2 Å². The molecule has 0 aliphatic carbocycles. The molecule has 1 saturated heterocycles. The van der Waals surface area contributed by atoms with Crippen molar-refractivity contribution in [2.24, 2.45) is 5.73 Å². The van der Waals surface area contributed by atoms with Gasteiger partial charge >= 0.3 is 0 Å². The Kier molecular flexibility index (Phi) is 6.50. The number of imidazole rings is 1. The van der Waals surface area contributed by atoms with Crippen molar-refractivity contribution >= 4 is 34.7 Å². The van der Waals surface area contributed by atoms with E-state index in [4.69, 9.17) is 15.7 Å². The highest BCUT2D eigenvalue weighted by molar-refractivity contribution is 7.99. The van der Waals surface area contributed by atoms with Crippen LogP contribution in [0.15, 0.2) is 59.8 Å². The summed E-state index contributed by atoms with van der Waals surface area (Å²) in [6.45, 7) is 3.60. The van der Waals surface area contributed by atoms with Gasteiger partial charge in [-0.3, -0.25) is 14.2 Å². The molecule has 1 aliphatic rings. The predicted octanol–water partition coefficient (Wildman–Crippen LogP) is 3.99. The van der Waals surface area contributed by atoms with Gasteiger partial charge in [-0.25, -0.2) is 15.0 Å². The van der Waals surface area contributed by atoms with Crippen LogP contribution in [0, 0.1) is 6.92 Å². The number of aromatic nitrogens is 4. The third-order valence-corrected chi connectivity index (χ3v) is 6.99. The normalized spacial score (nSPS) is 13.8. The molecule has 0 spiro atoms. The number of para-hydroxylation sites is 1. The van der Waals surface area contributed by atoms with Crippen LogP contribution in [-0.2, 0) is 4.79 Å². The maximum absolute atomic E-state index is 12.8. The molecular formula is C26H26N6O2S. The Balaban J connectivity index is 1.62. The lowest BCUT2D eigenvalue weighted by atomic mass is 10.1. The number of carbonyl (C=O) groups is 2. The third kappa shape index (κ3) is 4.77. The molecule has 0 unspecified atom stereocenters. The molecule has 0 bridgehead atoms. The summed E-state index contributed by atoms with van der Waals surface area (Å²) in [7, 11) is 0. The average Bonchev–Trinajstić information content (AvgIpc) is 3.26. The Bertz CT molecular complexity index is 1380. The number of likely N-dealkylation sites (tertiary alicyclic amines) is 1. The molecule has 178 valence electrons. The number of thioether (sulfide) groups is 1. The molecule has 0 radical (unpaired) electrons. The number of nitrogens with zero attached hydrogens (tertiary/aromatic N) is 5. The second-order valence-electron chi connectivity index (χ2n) is 8.59. The molecule has 2 amide bonds. The maximum atomic E-state index is 12.8. The predicted molar refractivity (Wildman–Crippen MR) is 137 cm³/mol. The lowest BCUT2D eigenvalue weighted by molar-refractivity contribution is -0.129. The first-order valence-corrected chi connectivity index (χ1v) is 12.6. The minimum atomic E-state index is -0.676. The van der Waals surface area contributed by atoms with Crippen molar-refractivity contribution < 1.29 is 9.59 Å². The molecule has 0 atom stereocenters. The first-order chi connectivity index (χ1) is 17.0. The zero-order valence-corrected chi connectivity index (χ0v) is 20.3. The van der Waals surface area contributed by atoms with Gasteiger partial charge in [0, 0.05) is 24.3 Å². The van der Waals surface area contributed by atoms with Crippen LogP contribution < -0.4 is 5.73 Å². The van der Waals surface area contributed by atoms with E-state index in [0.717, 1.165) is 42.7 Å². The van der Waals surface area contributed by atoms with E-state index >= 15 is 0 Å². The number of nitrogens with two attached hydrogens (primary N) is 1. The minimum Gasteiger partial charge on any atom is -0.364 e. The fourth-order valence-corrected chi connectivity index (χ4v) is 5.12. The molecule has 2 aromatic heterocycles.